The van der Waals surface area contributed by atoms with Gasteiger partial charge in [0.05, 0.1) is 16.8 Å². The number of pyridine rings is 1. The van der Waals surface area contributed by atoms with Gasteiger partial charge in [-0.05, 0) is 47.9 Å². The second kappa shape index (κ2) is 8.15. The number of anilines is 1. The predicted molar refractivity (Wildman–Crippen MR) is 115 cm³/mol. The molecule has 0 aliphatic rings. The smallest absolute Gasteiger partial charge is 0.253 e. The van der Waals surface area contributed by atoms with E-state index in [9.17, 15) is 4.79 Å². The molecule has 0 aliphatic carbocycles. The lowest BCUT2D eigenvalue weighted by Gasteiger charge is -2.18. The third-order valence-electron chi connectivity index (χ3n) is 4.31. The van der Waals surface area contributed by atoms with Crippen LogP contribution in [0.25, 0.3) is 16.3 Å². The highest BCUT2D eigenvalue weighted by Crippen LogP contribution is 2.30. The first-order valence-corrected chi connectivity index (χ1v) is 9.81. The van der Waals surface area contributed by atoms with Crippen molar-refractivity contribution < 1.29 is 4.79 Å². The highest BCUT2D eigenvalue weighted by molar-refractivity contribution is 7.22. The molecule has 138 valence electrons. The van der Waals surface area contributed by atoms with Gasteiger partial charge in [0.15, 0.2) is 5.13 Å². The second-order valence-corrected chi connectivity index (χ2v) is 7.51. The molecule has 2 aromatic carbocycles. The van der Waals surface area contributed by atoms with Gasteiger partial charge in [-0.25, -0.2) is 4.98 Å². The summed E-state index contributed by atoms with van der Waals surface area (Å²) in [7, 11) is 0. The van der Waals surface area contributed by atoms with Gasteiger partial charge in [0.1, 0.15) is 0 Å². The maximum Gasteiger partial charge on any atom is 0.253 e. The Balaban J connectivity index is 1.68. The molecule has 0 bridgehead atoms. The first-order chi connectivity index (χ1) is 13.7. The van der Waals surface area contributed by atoms with Crippen LogP contribution in [-0.4, -0.2) is 15.9 Å². The Kier molecular flexibility index (Phi) is 5.26. The van der Waals surface area contributed by atoms with Gasteiger partial charge in [-0.15, -0.1) is 0 Å². The largest absolute Gasteiger partial charge is 0.280 e. The Bertz CT molecular complexity index is 1120. The molecule has 0 fully saturated rings. The molecule has 0 saturated carbocycles. The van der Waals surface area contributed by atoms with E-state index in [-0.39, 0.29) is 5.91 Å². The molecular weight excluding hydrogens is 366 g/mol. The molecule has 0 saturated heterocycles. The van der Waals surface area contributed by atoms with Gasteiger partial charge in [-0.2, -0.15) is 0 Å². The van der Waals surface area contributed by atoms with Crippen molar-refractivity contribution >= 4 is 38.7 Å². The number of aromatic nitrogens is 2. The van der Waals surface area contributed by atoms with E-state index in [0.29, 0.717) is 11.7 Å². The first-order valence-electron chi connectivity index (χ1n) is 9.00. The van der Waals surface area contributed by atoms with Crippen LogP contribution in [0.5, 0.6) is 0 Å². The van der Waals surface area contributed by atoms with Crippen LogP contribution in [0.3, 0.4) is 0 Å². The number of carbonyl (C=O) groups is 1. The second-order valence-electron chi connectivity index (χ2n) is 6.50. The van der Waals surface area contributed by atoms with E-state index in [4.69, 9.17) is 4.98 Å². The third-order valence-corrected chi connectivity index (χ3v) is 5.35. The first kappa shape index (κ1) is 18.1. The van der Waals surface area contributed by atoms with E-state index in [2.05, 4.69) is 18.0 Å². The van der Waals surface area contributed by atoms with Crippen LogP contribution >= 0.6 is 11.3 Å². The lowest BCUT2D eigenvalue weighted by molar-refractivity contribution is -0.114. The predicted octanol–water partition coefficient (Wildman–Crippen LogP) is 5.25. The molecule has 5 heteroatoms. The summed E-state index contributed by atoms with van der Waals surface area (Å²) in [4.78, 5) is 23.6. The van der Waals surface area contributed by atoms with Crippen LogP contribution in [0.15, 0.2) is 79.1 Å². The number of nitrogens with zero attached hydrogens (tertiary/aromatic N) is 3. The minimum atomic E-state index is -0.108. The monoisotopic (exact) mass is 385 g/mol. The number of fused-ring (bicyclic) bond motifs is 1. The summed E-state index contributed by atoms with van der Waals surface area (Å²) in [5.41, 5.74) is 4.02. The average Bonchev–Trinajstić information content (AvgIpc) is 3.14. The molecule has 2 aromatic heterocycles. The fourth-order valence-corrected chi connectivity index (χ4v) is 3.94. The molecule has 0 atom stereocenters. The van der Waals surface area contributed by atoms with Crippen molar-refractivity contribution in [1.82, 2.24) is 9.97 Å². The number of amides is 1. The van der Waals surface area contributed by atoms with Gasteiger partial charge >= 0.3 is 0 Å². The van der Waals surface area contributed by atoms with E-state index in [1.54, 1.807) is 23.4 Å². The zero-order valence-corrected chi connectivity index (χ0v) is 16.3. The molecule has 0 aliphatic heterocycles. The fraction of sp³-hybridized carbons (Fsp3) is 0.0870. The molecule has 4 aromatic rings. The Morgan fingerprint density at radius 3 is 2.75 bits per heavy atom. The molecule has 4 nitrogen and oxygen atoms in total. The van der Waals surface area contributed by atoms with Crippen molar-refractivity contribution in [2.45, 2.75) is 13.5 Å². The zero-order valence-electron chi connectivity index (χ0n) is 15.4. The summed E-state index contributed by atoms with van der Waals surface area (Å²) >= 11 is 1.53. The topological polar surface area (TPSA) is 46.1 Å². The van der Waals surface area contributed by atoms with E-state index < -0.39 is 0 Å². The van der Waals surface area contributed by atoms with Crippen LogP contribution in [0.4, 0.5) is 5.13 Å². The molecule has 0 unspecified atom stereocenters. The van der Waals surface area contributed by atoms with Gasteiger partial charge < -0.3 is 0 Å². The number of carbonyl (C=O) groups excluding carboxylic acids is 1. The molecule has 1 amide bonds. The Hall–Kier alpha value is -3.31. The van der Waals surface area contributed by atoms with Crippen LogP contribution in [0, 0.1) is 6.92 Å². The molecule has 28 heavy (non-hydrogen) atoms. The summed E-state index contributed by atoms with van der Waals surface area (Å²) in [5, 5.41) is 0.687. The van der Waals surface area contributed by atoms with Crippen LogP contribution in [-0.2, 0) is 11.3 Å². The SMILES string of the molecule is Cc1ccc2nc(N(Cc3cccnc3)C(=O)/C=C/c3ccccc3)sc2c1. The minimum absolute atomic E-state index is 0.108. The Morgan fingerprint density at radius 2 is 1.96 bits per heavy atom. The number of aryl methyl sites for hydroxylation is 1. The number of thiazole rings is 1. The quantitative estimate of drug-likeness (QED) is 0.441. The van der Waals surface area contributed by atoms with E-state index in [1.165, 1.54) is 16.9 Å². The molecule has 4 rings (SSSR count). The normalized spacial score (nSPS) is 11.2. The fourth-order valence-electron chi connectivity index (χ4n) is 2.87. The highest BCUT2D eigenvalue weighted by Gasteiger charge is 2.18. The van der Waals surface area contributed by atoms with Gasteiger partial charge in [-0.1, -0.05) is 53.8 Å². The Labute approximate surface area is 167 Å². The summed E-state index contributed by atoms with van der Waals surface area (Å²) in [6.45, 7) is 2.48. The lowest BCUT2D eigenvalue weighted by Crippen LogP contribution is -2.28. The van der Waals surface area contributed by atoms with Crippen molar-refractivity contribution in [2.75, 3.05) is 4.90 Å². The number of hydrogen-bond acceptors (Lipinski definition) is 4. The molecular formula is C23H19N3OS. The standard InChI is InChI=1S/C23H19N3OS/c1-17-9-11-20-21(14-17)28-23(25-20)26(16-19-8-5-13-24-15-19)22(27)12-10-18-6-3-2-4-7-18/h2-15H,16H2,1H3/b12-10+. The van der Waals surface area contributed by atoms with Crippen LogP contribution < -0.4 is 4.90 Å². The maximum absolute atomic E-state index is 13.1. The zero-order chi connectivity index (χ0) is 19.3. The maximum atomic E-state index is 13.1. The van der Waals surface area contributed by atoms with Crippen LogP contribution in [0.2, 0.25) is 0 Å². The Morgan fingerprint density at radius 1 is 1.11 bits per heavy atom. The summed E-state index contributed by atoms with van der Waals surface area (Å²) in [6.07, 6.45) is 6.93. The third kappa shape index (κ3) is 4.15. The summed E-state index contributed by atoms with van der Waals surface area (Å²) in [5.74, 6) is -0.108. The highest BCUT2D eigenvalue weighted by atomic mass is 32.1. The van der Waals surface area contributed by atoms with E-state index in [0.717, 1.165) is 21.3 Å². The molecule has 0 radical (unpaired) electrons. The van der Waals surface area contributed by atoms with E-state index in [1.807, 2.05) is 60.7 Å². The van der Waals surface area contributed by atoms with Gasteiger partial charge in [-0.3, -0.25) is 14.7 Å². The van der Waals surface area contributed by atoms with E-state index >= 15 is 0 Å². The van der Waals surface area contributed by atoms with Crippen molar-refractivity contribution in [3.8, 4) is 0 Å². The summed E-state index contributed by atoms with van der Waals surface area (Å²) in [6, 6.07) is 19.8. The van der Waals surface area contributed by atoms with Gasteiger partial charge in [0.25, 0.3) is 5.91 Å². The van der Waals surface area contributed by atoms with Crippen molar-refractivity contribution in [2.24, 2.45) is 0 Å². The van der Waals surface area contributed by atoms with Crippen molar-refractivity contribution in [1.29, 1.82) is 0 Å². The average molecular weight is 385 g/mol. The summed E-state index contributed by atoms with van der Waals surface area (Å²) < 4.78 is 1.08. The molecule has 0 spiro atoms. The number of benzene rings is 2. The molecule has 2 heterocycles. The lowest BCUT2D eigenvalue weighted by atomic mass is 10.2. The number of rotatable bonds is 5. The molecule has 0 N–H and O–H groups in total. The van der Waals surface area contributed by atoms with Crippen molar-refractivity contribution in [3.63, 3.8) is 0 Å². The van der Waals surface area contributed by atoms with Crippen molar-refractivity contribution in [3.05, 3.63) is 95.8 Å². The van der Waals surface area contributed by atoms with Gasteiger partial charge in [0, 0.05) is 18.5 Å². The minimum Gasteiger partial charge on any atom is -0.280 e. The van der Waals surface area contributed by atoms with Crippen LogP contribution in [0.1, 0.15) is 16.7 Å². The van der Waals surface area contributed by atoms with Gasteiger partial charge in [0.2, 0.25) is 0 Å². The number of hydrogen-bond donors (Lipinski definition) is 0.